The van der Waals surface area contributed by atoms with Gasteiger partial charge in [-0.2, -0.15) is 0 Å². The summed E-state index contributed by atoms with van der Waals surface area (Å²) < 4.78 is 5.13. The summed E-state index contributed by atoms with van der Waals surface area (Å²) >= 11 is 0. The molecule has 2 heterocycles. The van der Waals surface area contributed by atoms with Crippen molar-refractivity contribution >= 4 is 23.3 Å². The van der Waals surface area contributed by atoms with Crippen LogP contribution in [-0.2, 0) is 0 Å². The van der Waals surface area contributed by atoms with Gasteiger partial charge in [0.2, 0.25) is 0 Å². The zero-order valence-electron chi connectivity index (χ0n) is 16.0. The fourth-order valence-corrected chi connectivity index (χ4v) is 3.80. The summed E-state index contributed by atoms with van der Waals surface area (Å²) in [5.41, 5.74) is 2.83. The van der Waals surface area contributed by atoms with Crippen molar-refractivity contribution in [2.45, 2.75) is 25.4 Å². The number of likely N-dealkylation sites (tertiary alicyclic amines) is 1. The summed E-state index contributed by atoms with van der Waals surface area (Å²) in [6.07, 6.45) is 1.28. The number of hydrogen-bond acceptors (Lipinski definition) is 4. The molecule has 2 aliphatic heterocycles. The first-order valence-corrected chi connectivity index (χ1v) is 9.40. The van der Waals surface area contributed by atoms with Gasteiger partial charge in [-0.3, -0.25) is 4.79 Å². The van der Waals surface area contributed by atoms with Crippen LogP contribution in [0.5, 0.6) is 5.75 Å². The zero-order valence-corrected chi connectivity index (χ0v) is 16.0. The molecule has 2 aliphatic rings. The Labute approximate surface area is 164 Å². The fourth-order valence-electron chi connectivity index (χ4n) is 3.80. The van der Waals surface area contributed by atoms with Crippen LogP contribution in [0.2, 0.25) is 0 Å². The second-order valence-electron chi connectivity index (χ2n) is 7.30. The molecule has 28 heavy (non-hydrogen) atoms. The molecule has 4 rings (SSSR count). The Kier molecular flexibility index (Phi) is 4.58. The molecule has 0 radical (unpaired) electrons. The van der Waals surface area contributed by atoms with E-state index in [9.17, 15) is 9.59 Å². The zero-order chi connectivity index (χ0) is 19.7. The molecule has 7 heteroatoms. The molecule has 146 valence electrons. The highest BCUT2D eigenvalue weighted by molar-refractivity contribution is 6.03. The van der Waals surface area contributed by atoms with Gasteiger partial charge < -0.3 is 25.6 Å². The molecular formula is C21H24N4O3. The number of aryl methyl sites for hydroxylation is 1. The Balaban J connectivity index is 1.41. The number of nitrogens with zero attached hydrogens (tertiary/aromatic N) is 1. The predicted octanol–water partition coefficient (Wildman–Crippen LogP) is 3.18. The quantitative estimate of drug-likeness (QED) is 0.747. The first-order valence-electron chi connectivity index (χ1n) is 9.40. The van der Waals surface area contributed by atoms with E-state index in [0.717, 1.165) is 22.7 Å². The van der Waals surface area contributed by atoms with Crippen LogP contribution in [-0.4, -0.2) is 42.7 Å². The van der Waals surface area contributed by atoms with E-state index >= 15 is 0 Å². The Morgan fingerprint density at radius 3 is 2.50 bits per heavy atom. The molecular weight excluding hydrogens is 356 g/mol. The van der Waals surface area contributed by atoms with Gasteiger partial charge in [0.05, 0.1) is 18.4 Å². The number of hydrogen-bond donors (Lipinski definition) is 3. The van der Waals surface area contributed by atoms with Gasteiger partial charge in [0.25, 0.3) is 5.91 Å². The SMILES string of the molecule is COc1ccc(NC(=O)N2CCC3(CC2)NC(=O)c2cccc(C)c2N3)cc1. The number of amides is 3. The normalized spacial score (nSPS) is 17.4. The third kappa shape index (κ3) is 3.35. The number of rotatable bonds is 2. The minimum Gasteiger partial charge on any atom is -0.497 e. The molecule has 1 saturated heterocycles. The maximum absolute atomic E-state index is 12.6. The van der Waals surface area contributed by atoms with Gasteiger partial charge in [0, 0.05) is 31.6 Å². The second-order valence-corrected chi connectivity index (χ2v) is 7.30. The van der Waals surface area contributed by atoms with Crippen molar-refractivity contribution in [2.75, 3.05) is 30.8 Å². The predicted molar refractivity (Wildman–Crippen MR) is 108 cm³/mol. The van der Waals surface area contributed by atoms with Crippen LogP contribution in [0.25, 0.3) is 0 Å². The molecule has 0 unspecified atom stereocenters. The Hall–Kier alpha value is -3.22. The third-order valence-corrected chi connectivity index (χ3v) is 5.48. The number of piperidine rings is 1. The number of carbonyl (C=O) groups excluding carboxylic acids is 2. The van der Waals surface area contributed by atoms with Gasteiger partial charge in [0.15, 0.2) is 0 Å². The lowest BCUT2D eigenvalue weighted by Crippen LogP contribution is -2.63. The number of fused-ring (bicyclic) bond motifs is 1. The summed E-state index contributed by atoms with van der Waals surface area (Å²) in [4.78, 5) is 26.9. The van der Waals surface area contributed by atoms with Crippen LogP contribution < -0.4 is 20.7 Å². The largest absolute Gasteiger partial charge is 0.497 e. The average Bonchev–Trinajstić information content (AvgIpc) is 2.70. The van der Waals surface area contributed by atoms with Gasteiger partial charge >= 0.3 is 6.03 Å². The van der Waals surface area contributed by atoms with E-state index < -0.39 is 5.66 Å². The number of carbonyl (C=O) groups is 2. The van der Waals surface area contributed by atoms with Crippen molar-refractivity contribution in [1.82, 2.24) is 10.2 Å². The van der Waals surface area contributed by atoms with Crippen LogP contribution in [0.15, 0.2) is 42.5 Å². The molecule has 0 atom stereocenters. The monoisotopic (exact) mass is 380 g/mol. The first kappa shape index (κ1) is 18.2. The number of para-hydroxylation sites is 1. The van der Waals surface area contributed by atoms with Gasteiger partial charge in [-0.15, -0.1) is 0 Å². The van der Waals surface area contributed by atoms with Crippen molar-refractivity contribution in [3.63, 3.8) is 0 Å². The molecule has 1 spiro atoms. The maximum Gasteiger partial charge on any atom is 0.321 e. The molecule has 0 aliphatic carbocycles. The standard InChI is InChI=1S/C21H24N4O3/c1-14-4-3-5-17-18(14)23-21(24-19(17)26)10-12-25(13-11-21)20(27)22-15-6-8-16(28-2)9-7-15/h3-9,23H,10-13H2,1-2H3,(H,22,27)(H,24,26). The minimum atomic E-state index is -0.507. The average molecular weight is 380 g/mol. The fraction of sp³-hybridized carbons (Fsp3) is 0.333. The van der Waals surface area contributed by atoms with Crippen molar-refractivity contribution in [2.24, 2.45) is 0 Å². The Morgan fingerprint density at radius 1 is 1.11 bits per heavy atom. The highest BCUT2D eigenvalue weighted by Gasteiger charge is 2.41. The molecule has 0 bridgehead atoms. The summed E-state index contributed by atoms with van der Waals surface area (Å²) in [6, 6.07) is 12.8. The van der Waals surface area contributed by atoms with Crippen molar-refractivity contribution in [1.29, 1.82) is 0 Å². The van der Waals surface area contributed by atoms with Gasteiger partial charge in [-0.05, 0) is 42.8 Å². The van der Waals surface area contributed by atoms with E-state index in [1.54, 1.807) is 12.0 Å². The molecule has 3 amide bonds. The Morgan fingerprint density at radius 2 is 1.82 bits per heavy atom. The van der Waals surface area contributed by atoms with Crippen LogP contribution in [0.4, 0.5) is 16.2 Å². The van der Waals surface area contributed by atoms with Crippen LogP contribution in [0, 0.1) is 6.92 Å². The summed E-state index contributed by atoms with van der Waals surface area (Å²) in [5, 5.41) is 9.55. The minimum absolute atomic E-state index is 0.0615. The van der Waals surface area contributed by atoms with E-state index in [-0.39, 0.29) is 11.9 Å². The number of methoxy groups -OCH3 is 1. The lowest BCUT2D eigenvalue weighted by molar-refractivity contribution is 0.0851. The van der Waals surface area contributed by atoms with Crippen molar-refractivity contribution in [3.8, 4) is 5.75 Å². The van der Waals surface area contributed by atoms with E-state index in [1.165, 1.54) is 0 Å². The molecule has 1 fully saturated rings. The van der Waals surface area contributed by atoms with Gasteiger partial charge in [-0.25, -0.2) is 4.79 Å². The van der Waals surface area contributed by atoms with Crippen LogP contribution in [0.1, 0.15) is 28.8 Å². The Bertz CT molecular complexity index is 902. The lowest BCUT2D eigenvalue weighted by atomic mass is 9.91. The highest BCUT2D eigenvalue weighted by Crippen LogP contribution is 2.33. The topological polar surface area (TPSA) is 82.7 Å². The van der Waals surface area contributed by atoms with Crippen molar-refractivity contribution in [3.05, 3.63) is 53.6 Å². The molecule has 0 saturated carbocycles. The molecule has 2 aromatic rings. The number of urea groups is 1. The van der Waals surface area contributed by atoms with E-state index in [0.29, 0.717) is 31.5 Å². The summed E-state index contributed by atoms with van der Waals surface area (Å²) in [7, 11) is 1.61. The maximum atomic E-state index is 12.6. The van der Waals surface area contributed by atoms with Gasteiger partial charge in [-0.1, -0.05) is 12.1 Å². The second kappa shape index (κ2) is 7.07. The van der Waals surface area contributed by atoms with Crippen molar-refractivity contribution < 1.29 is 14.3 Å². The molecule has 7 nitrogen and oxygen atoms in total. The summed E-state index contributed by atoms with van der Waals surface area (Å²) in [6.45, 7) is 3.10. The number of benzene rings is 2. The first-order chi connectivity index (χ1) is 13.5. The van der Waals surface area contributed by atoms with E-state index in [4.69, 9.17) is 4.74 Å². The summed E-state index contributed by atoms with van der Waals surface area (Å²) in [5.74, 6) is 0.682. The van der Waals surface area contributed by atoms with E-state index in [2.05, 4.69) is 16.0 Å². The highest BCUT2D eigenvalue weighted by atomic mass is 16.5. The van der Waals surface area contributed by atoms with Gasteiger partial charge in [0.1, 0.15) is 11.4 Å². The number of nitrogens with one attached hydrogen (secondary N) is 3. The smallest absolute Gasteiger partial charge is 0.321 e. The molecule has 3 N–H and O–H groups in total. The molecule has 0 aromatic heterocycles. The molecule has 2 aromatic carbocycles. The number of ether oxygens (including phenoxy) is 1. The van der Waals surface area contributed by atoms with Crippen LogP contribution >= 0.6 is 0 Å². The third-order valence-electron chi connectivity index (χ3n) is 5.48. The number of anilines is 2. The van der Waals surface area contributed by atoms with E-state index in [1.807, 2.05) is 49.4 Å². The van der Waals surface area contributed by atoms with Crippen LogP contribution in [0.3, 0.4) is 0 Å². The lowest BCUT2D eigenvalue weighted by Gasteiger charge is -2.46.